The smallest absolute Gasteiger partial charge is 0.235 e. The summed E-state index contributed by atoms with van der Waals surface area (Å²) in [6.45, 7) is 8.07. The van der Waals surface area contributed by atoms with Crippen LogP contribution in [0.15, 0.2) is 54.8 Å². The molecule has 9 atom stereocenters. The summed E-state index contributed by atoms with van der Waals surface area (Å²) >= 11 is 0. The number of allylic oxidation sites excluding steroid dienone is 1. The maximum Gasteiger partial charge on any atom is 0.235 e. The maximum absolute atomic E-state index is 14.1. The summed E-state index contributed by atoms with van der Waals surface area (Å²) in [5, 5.41) is 36.8. The van der Waals surface area contributed by atoms with Crippen molar-refractivity contribution in [3.8, 4) is 0 Å². The number of fused-ring (bicyclic) bond motifs is 1. The van der Waals surface area contributed by atoms with Gasteiger partial charge < -0.3 is 25.6 Å². The van der Waals surface area contributed by atoms with E-state index in [0.29, 0.717) is 24.8 Å². The highest BCUT2D eigenvalue weighted by Gasteiger charge is 2.68. The molecule has 1 aliphatic heterocycles. The lowest BCUT2D eigenvalue weighted by molar-refractivity contribution is -0.154. The SMILES string of the molecule is C=C1C(C)C2C(Cc3c[nH]c4ccccc34)NC(=O)C23C(=O)CC(O)C(O)CC(C)C/C=C/C3C1O. The third kappa shape index (κ3) is 3.76. The van der Waals surface area contributed by atoms with E-state index < -0.39 is 47.3 Å². The number of ketones is 1. The first-order valence-corrected chi connectivity index (χ1v) is 12.9. The van der Waals surface area contributed by atoms with E-state index in [2.05, 4.69) is 16.9 Å². The fraction of sp³-hybridized carbons (Fsp3) is 0.517. The zero-order valence-electron chi connectivity index (χ0n) is 20.9. The first-order valence-electron chi connectivity index (χ1n) is 12.9. The number of carbonyl (C=O) groups excluding carboxylic acids is 2. The van der Waals surface area contributed by atoms with Gasteiger partial charge in [0, 0.05) is 41.4 Å². The van der Waals surface area contributed by atoms with Crippen LogP contribution < -0.4 is 5.32 Å². The Balaban J connectivity index is 1.61. The molecule has 2 heterocycles. The van der Waals surface area contributed by atoms with Gasteiger partial charge in [0.15, 0.2) is 5.78 Å². The molecule has 1 saturated carbocycles. The topological polar surface area (TPSA) is 123 Å². The largest absolute Gasteiger partial charge is 0.390 e. The number of nitrogens with one attached hydrogen (secondary N) is 2. The van der Waals surface area contributed by atoms with Crippen LogP contribution in [-0.2, 0) is 16.0 Å². The molecule has 2 aliphatic carbocycles. The molecule has 5 rings (SSSR count). The van der Waals surface area contributed by atoms with Crippen molar-refractivity contribution >= 4 is 22.6 Å². The third-order valence-electron chi connectivity index (χ3n) is 8.96. The van der Waals surface area contributed by atoms with Crippen LogP contribution in [-0.4, -0.2) is 56.3 Å². The Kier molecular flexibility index (Phi) is 6.43. The Morgan fingerprint density at radius 1 is 1.11 bits per heavy atom. The summed E-state index contributed by atoms with van der Waals surface area (Å²) in [4.78, 5) is 31.3. The number of rotatable bonds is 2. The molecule has 7 nitrogen and oxygen atoms in total. The molecule has 0 bridgehead atoms. The number of aromatic nitrogens is 1. The molecule has 9 unspecified atom stereocenters. The minimum absolute atomic E-state index is 0.0701. The Morgan fingerprint density at radius 3 is 2.64 bits per heavy atom. The van der Waals surface area contributed by atoms with Crippen molar-refractivity contribution in [2.75, 3.05) is 0 Å². The predicted molar refractivity (Wildman–Crippen MR) is 137 cm³/mol. The molecule has 1 saturated heterocycles. The van der Waals surface area contributed by atoms with Gasteiger partial charge in [0.2, 0.25) is 5.91 Å². The van der Waals surface area contributed by atoms with Gasteiger partial charge >= 0.3 is 0 Å². The van der Waals surface area contributed by atoms with Crippen LogP contribution in [0.4, 0.5) is 0 Å². The lowest BCUT2D eigenvalue weighted by Crippen LogP contribution is -2.59. The number of H-pyrrole nitrogens is 1. The van der Waals surface area contributed by atoms with Gasteiger partial charge in [0.1, 0.15) is 5.41 Å². The van der Waals surface area contributed by atoms with E-state index in [9.17, 15) is 24.9 Å². The quantitative estimate of drug-likeness (QED) is 0.326. The zero-order valence-corrected chi connectivity index (χ0v) is 20.9. The number of amides is 1. The van der Waals surface area contributed by atoms with Crippen LogP contribution in [0.2, 0.25) is 0 Å². The van der Waals surface area contributed by atoms with E-state index in [1.54, 1.807) is 6.08 Å². The molecule has 36 heavy (non-hydrogen) atoms. The molecule has 1 aromatic carbocycles. The molecular weight excluding hydrogens is 456 g/mol. The van der Waals surface area contributed by atoms with Gasteiger partial charge in [-0.15, -0.1) is 0 Å². The molecule has 192 valence electrons. The van der Waals surface area contributed by atoms with E-state index in [4.69, 9.17) is 0 Å². The molecule has 5 N–H and O–H groups in total. The van der Waals surface area contributed by atoms with Gasteiger partial charge in [-0.2, -0.15) is 0 Å². The van der Waals surface area contributed by atoms with Crippen molar-refractivity contribution in [2.24, 2.45) is 29.1 Å². The van der Waals surface area contributed by atoms with Crippen molar-refractivity contribution in [3.05, 3.63) is 60.3 Å². The lowest BCUT2D eigenvalue weighted by atomic mass is 9.51. The highest BCUT2D eigenvalue weighted by Crippen LogP contribution is 2.57. The van der Waals surface area contributed by atoms with Gasteiger partial charge in [-0.1, -0.05) is 50.8 Å². The summed E-state index contributed by atoms with van der Waals surface area (Å²) < 4.78 is 0. The Bertz CT molecular complexity index is 1220. The van der Waals surface area contributed by atoms with Crippen molar-refractivity contribution in [3.63, 3.8) is 0 Å². The standard InChI is InChI=1S/C29H36N2O5/c1-15-7-6-9-20-27(35)17(3)16(2)26-22(12-18-14-30-21-10-5-4-8-19(18)21)31-28(36)29(20,26)25(34)13-24(33)23(32)11-15/h4-6,8-10,14-16,20,22-24,26-27,30,32-33,35H,3,7,11-13H2,1-2H3,(H,31,36)/b9-6+. The number of aliphatic hydroxyl groups excluding tert-OH is 3. The molecule has 3 aliphatic rings. The van der Waals surface area contributed by atoms with Crippen molar-refractivity contribution in [1.29, 1.82) is 0 Å². The van der Waals surface area contributed by atoms with Crippen LogP contribution in [0.1, 0.15) is 38.7 Å². The summed E-state index contributed by atoms with van der Waals surface area (Å²) in [5.74, 6) is -2.33. The molecule has 2 fully saturated rings. The molecule has 7 heteroatoms. The number of para-hydroxylation sites is 1. The molecule has 2 aromatic rings. The fourth-order valence-electron chi connectivity index (χ4n) is 7.03. The van der Waals surface area contributed by atoms with E-state index >= 15 is 0 Å². The second-order valence-corrected chi connectivity index (χ2v) is 11.1. The molecule has 1 aromatic heterocycles. The average molecular weight is 493 g/mol. The lowest BCUT2D eigenvalue weighted by Gasteiger charge is -2.49. The van der Waals surface area contributed by atoms with E-state index in [1.165, 1.54) is 0 Å². The number of hydrogen-bond donors (Lipinski definition) is 5. The van der Waals surface area contributed by atoms with Crippen LogP contribution in [0, 0.1) is 29.1 Å². The summed E-state index contributed by atoms with van der Waals surface area (Å²) in [5.41, 5.74) is 1.10. The average Bonchev–Trinajstić information content (AvgIpc) is 3.38. The second-order valence-electron chi connectivity index (χ2n) is 11.1. The van der Waals surface area contributed by atoms with Gasteiger partial charge in [-0.25, -0.2) is 0 Å². The first-order chi connectivity index (χ1) is 17.2. The maximum atomic E-state index is 14.1. The highest BCUT2D eigenvalue weighted by molar-refractivity contribution is 6.09. The van der Waals surface area contributed by atoms with Crippen LogP contribution in [0.3, 0.4) is 0 Å². The number of aromatic amines is 1. The monoisotopic (exact) mass is 492 g/mol. The van der Waals surface area contributed by atoms with Crippen LogP contribution in [0.25, 0.3) is 10.9 Å². The van der Waals surface area contributed by atoms with E-state index in [0.717, 1.165) is 16.5 Å². The fourth-order valence-corrected chi connectivity index (χ4v) is 7.03. The number of benzene rings is 1. The van der Waals surface area contributed by atoms with Crippen LogP contribution >= 0.6 is 0 Å². The van der Waals surface area contributed by atoms with Crippen LogP contribution in [0.5, 0.6) is 0 Å². The molecule has 1 spiro atoms. The minimum Gasteiger partial charge on any atom is -0.390 e. The Hall–Kier alpha value is -2.74. The van der Waals surface area contributed by atoms with Crippen molar-refractivity contribution < 1.29 is 24.9 Å². The summed E-state index contributed by atoms with van der Waals surface area (Å²) in [7, 11) is 0. The molecular formula is C29H36N2O5. The van der Waals surface area contributed by atoms with Gasteiger partial charge in [-0.05, 0) is 48.3 Å². The number of carbonyl (C=O) groups is 2. The summed E-state index contributed by atoms with van der Waals surface area (Å²) in [6, 6.07) is 7.60. The van der Waals surface area contributed by atoms with E-state index in [1.807, 2.05) is 50.4 Å². The number of Topliss-reactive ketones (excluding diaryl/α,β-unsaturated/α-hetero) is 1. The van der Waals surface area contributed by atoms with E-state index in [-0.39, 0.29) is 24.3 Å². The molecule has 0 radical (unpaired) electrons. The second kappa shape index (κ2) is 9.29. The van der Waals surface area contributed by atoms with Crippen molar-refractivity contribution in [1.82, 2.24) is 10.3 Å². The Labute approximate surface area is 211 Å². The van der Waals surface area contributed by atoms with Gasteiger partial charge in [0.05, 0.1) is 18.3 Å². The predicted octanol–water partition coefficient (Wildman–Crippen LogP) is 2.66. The Morgan fingerprint density at radius 2 is 1.86 bits per heavy atom. The normalized spacial score (nSPS) is 40.3. The zero-order chi connectivity index (χ0) is 25.8. The highest BCUT2D eigenvalue weighted by atomic mass is 16.3. The summed E-state index contributed by atoms with van der Waals surface area (Å²) in [6.07, 6.45) is 3.38. The minimum atomic E-state index is -1.55. The number of hydrogen-bond acceptors (Lipinski definition) is 5. The first kappa shape index (κ1) is 24.9. The van der Waals surface area contributed by atoms with Crippen molar-refractivity contribution in [2.45, 2.75) is 63.9 Å². The molecule has 1 amide bonds. The van der Waals surface area contributed by atoms with Gasteiger partial charge in [-0.3, -0.25) is 9.59 Å². The third-order valence-corrected chi connectivity index (χ3v) is 8.96. The number of aliphatic hydroxyl groups is 3. The van der Waals surface area contributed by atoms with Gasteiger partial charge in [0.25, 0.3) is 0 Å².